The van der Waals surface area contributed by atoms with Gasteiger partial charge in [0.15, 0.2) is 0 Å². The third-order valence-electron chi connectivity index (χ3n) is 8.94. The average molecular weight is 394 g/mol. The Kier molecular flexibility index (Phi) is 4.45. The summed E-state index contributed by atoms with van der Waals surface area (Å²) >= 11 is 0. The molecule has 1 heterocycles. The lowest BCUT2D eigenvalue weighted by molar-refractivity contribution is -0.132. The minimum atomic E-state index is -0.265. The highest BCUT2D eigenvalue weighted by Gasteiger charge is 2.58. The lowest BCUT2D eigenvalue weighted by Crippen LogP contribution is -2.50. The predicted octanol–water partition coefficient (Wildman–Crippen LogP) is 5.14. The Morgan fingerprint density at radius 1 is 1.14 bits per heavy atom. The minimum Gasteiger partial charge on any atom is -0.458 e. The van der Waals surface area contributed by atoms with Crippen LogP contribution in [0.2, 0.25) is 0 Å². The van der Waals surface area contributed by atoms with E-state index in [1.807, 2.05) is 0 Å². The van der Waals surface area contributed by atoms with E-state index >= 15 is 0 Å². The van der Waals surface area contributed by atoms with Crippen molar-refractivity contribution in [3.05, 3.63) is 41.7 Å². The number of nitrogens with zero attached hydrogens (tertiary/aromatic N) is 1. The molecule has 0 aromatic carbocycles. The van der Waals surface area contributed by atoms with Gasteiger partial charge in [-0.05, 0) is 73.8 Å². The zero-order valence-electron chi connectivity index (χ0n) is 17.5. The third-order valence-corrected chi connectivity index (χ3v) is 8.94. The molecule has 0 amide bonds. The van der Waals surface area contributed by atoms with Crippen LogP contribution < -0.4 is 0 Å². The zero-order valence-corrected chi connectivity index (χ0v) is 17.5. The van der Waals surface area contributed by atoms with Crippen molar-refractivity contribution in [3.63, 3.8) is 0 Å². The molecule has 4 heteroatoms. The van der Waals surface area contributed by atoms with Crippen molar-refractivity contribution in [1.82, 2.24) is 4.98 Å². The fourth-order valence-corrected chi connectivity index (χ4v) is 7.20. The van der Waals surface area contributed by atoms with Crippen LogP contribution in [0, 0.1) is 28.6 Å². The summed E-state index contributed by atoms with van der Waals surface area (Å²) in [4.78, 5) is 29.0. The topological polar surface area (TPSA) is 56.3 Å². The van der Waals surface area contributed by atoms with Crippen LogP contribution in [0.15, 0.2) is 36.2 Å². The summed E-state index contributed by atoms with van der Waals surface area (Å²) in [6.07, 6.45) is 13.7. The van der Waals surface area contributed by atoms with Gasteiger partial charge in [0.1, 0.15) is 11.9 Å². The molecule has 0 N–H and O–H groups in total. The molecule has 0 aliphatic heterocycles. The molecule has 0 saturated heterocycles. The fraction of sp³-hybridized carbons (Fsp3) is 0.640. The Bertz CT molecular complexity index is 862. The third kappa shape index (κ3) is 2.90. The Morgan fingerprint density at radius 3 is 2.72 bits per heavy atom. The Balaban J connectivity index is 1.33. The lowest BCUT2D eigenvalue weighted by atomic mass is 9.48. The summed E-state index contributed by atoms with van der Waals surface area (Å²) in [5.41, 5.74) is 2.14. The summed E-state index contributed by atoms with van der Waals surface area (Å²) in [5.74, 6) is 2.11. The molecule has 3 saturated carbocycles. The number of hydrogen-bond acceptors (Lipinski definition) is 4. The van der Waals surface area contributed by atoms with E-state index < -0.39 is 0 Å². The highest BCUT2D eigenvalue weighted by molar-refractivity contribution is 5.89. The maximum Gasteiger partial charge on any atom is 0.339 e. The standard InChI is InChI=1S/C25H31NO3/c1-24-11-9-18(29-23(28)16-4-3-13-26-15-16)14-17(24)5-6-19-20-7-8-22(27)25(20,2)12-10-21(19)24/h3-5,13,15,18-21H,6-12,14H2,1-2H3/t18-,19+,20-,21-,24-,25-/m0/s1. The van der Waals surface area contributed by atoms with Gasteiger partial charge in [0, 0.05) is 30.7 Å². The van der Waals surface area contributed by atoms with E-state index in [0.29, 0.717) is 29.1 Å². The van der Waals surface area contributed by atoms with Gasteiger partial charge in [-0.15, -0.1) is 0 Å². The number of hydrogen-bond donors (Lipinski definition) is 0. The number of aromatic nitrogens is 1. The molecule has 0 spiro atoms. The van der Waals surface area contributed by atoms with Crippen LogP contribution in [-0.4, -0.2) is 22.8 Å². The molecule has 4 aliphatic carbocycles. The molecule has 6 atom stereocenters. The van der Waals surface area contributed by atoms with E-state index in [1.54, 1.807) is 24.5 Å². The van der Waals surface area contributed by atoms with Crippen molar-refractivity contribution in [2.24, 2.45) is 28.6 Å². The molecular formula is C25H31NO3. The van der Waals surface area contributed by atoms with Gasteiger partial charge in [0.25, 0.3) is 0 Å². The first-order chi connectivity index (χ1) is 13.9. The van der Waals surface area contributed by atoms with Gasteiger partial charge in [0.05, 0.1) is 5.56 Å². The minimum absolute atomic E-state index is 0.0412. The van der Waals surface area contributed by atoms with Crippen LogP contribution in [-0.2, 0) is 9.53 Å². The number of fused-ring (bicyclic) bond motifs is 5. The Hall–Kier alpha value is -1.97. The summed E-state index contributed by atoms with van der Waals surface area (Å²) in [5, 5.41) is 0. The van der Waals surface area contributed by atoms with Crippen molar-refractivity contribution in [1.29, 1.82) is 0 Å². The molecule has 0 unspecified atom stereocenters. The SMILES string of the molecule is C[C@]12CC[C@H](OC(=O)c3cccnc3)CC1=CC[C@H]1[C@@H]2CC[C@]2(C)C(=O)CC[C@@H]12. The van der Waals surface area contributed by atoms with Crippen molar-refractivity contribution >= 4 is 11.8 Å². The van der Waals surface area contributed by atoms with Gasteiger partial charge in [0.2, 0.25) is 0 Å². The number of ketones is 1. The summed E-state index contributed by atoms with van der Waals surface area (Å²) in [7, 11) is 0. The average Bonchev–Trinajstić information content (AvgIpc) is 3.03. The van der Waals surface area contributed by atoms with Crippen LogP contribution in [0.3, 0.4) is 0 Å². The number of rotatable bonds is 2. The van der Waals surface area contributed by atoms with Crippen LogP contribution in [0.25, 0.3) is 0 Å². The van der Waals surface area contributed by atoms with Crippen molar-refractivity contribution in [2.45, 2.75) is 71.3 Å². The Labute approximate surface area is 173 Å². The second-order valence-corrected chi connectivity index (χ2v) is 10.2. The van der Waals surface area contributed by atoms with Gasteiger partial charge >= 0.3 is 5.97 Å². The van der Waals surface area contributed by atoms with Crippen LogP contribution >= 0.6 is 0 Å². The van der Waals surface area contributed by atoms with Crippen molar-refractivity contribution in [2.75, 3.05) is 0 Å². The van der Waals surface area contributed by atoms with Crippen LogP contribution in [0.4, 0.5) is 0 Å². The first-order valence-electron chi connectivity index (χ1n) is 11.3. The second-order valence-electron chi connectivity index (χ2n) is 10.2. The molecule has 0 bridgehead atoms. The quantitative estimate of drug-likeness (QED) is 0.516. The second kappa shape index (κ2) is 6.78. The molecule has 1 aromatic rings. The molecule has 29 heavy (non-hydrogen) atoms. The maximum absolute atomic E-state index is 12.6. The smallest absolute Gasteiger partial charge is 0.339 e. The van der Waals surface area contributed by atoms with Gasteiger partial charge in [-0.3, -0.25) is 9.78 Å². The maximum atomic E-state index is 12.6. The van der Waals surface area contributed by atoms with E-state index in [2.05, 4.69) is 24.9 Å². The zero-order chi connectivity index (χ0) is 20.2. The normalized spacial score (nSPS) is 41.0. The predicted molar refractivity (Wildman–Crippen MR) is 110 cm³/mol. The summed E-state index contributed by atoms with van der Waals surface area (Å²) < 4.78 is 5.84. The number of carbonyl (C=O) groups is 2. The number of carbonyl (C=O) groups excluding carboxylic acids is 2. The van der Waals surface area contributed by atoms with Crippen molar-refractivity contribution in [3.8, 4) is 0 Å². The largest absolute Gasteiger partial charge is 0.458 e. The first kappa shape index (κ1) is 19.0. The molecule has 0 radical (unpaired) electrons. The molecule has 4 aliphatic rings. The Morgan fingerprint density at radius 2 is 1.93 bits per heavy atom. The number of pyridine rings is 1. The van der Waals surface area contributed by atoms with Gasteiger partial charge in [-0.1, -0.05) is 25.5 Å². The number of esters is 1. The fourth-order valence-electron chi connectivity index (χ4n) is 7.20. The van der Waals surface area contributed by atoms with Gasteiger partial charge < -0.3 is 4.74 Å². The highest BCUT2D eigenvalue weighted by atomic mass is 16.5. The molecule has 5 rings (SSSR count). The van der Waals surface area contributed by atoms with E-state index in [0.717, 1.165) is 51.4 Å². The van der Waals surface area contributed by atoms with E-state index in [9.17, 15) is 9.59 Å². The molecule has 154 valence electrons. The number of allylic oxidation sites excluding steroid dienone is 1. The molecular weight excluding hydrogens is 362 g/mol. The number of Topliss-reactive ketones (excluding diaryl/α,β-unsaturated/α-hetero) is 1. The van der Waals surface area contributed by atoms with Gasteiger partial charge in [-0.2, -0.15) is 0 Å². The highest BCUT2D eigenvalue weighted by Crippen LogP contribution is 2.64. The first-order valence-corrected chi connectivity index (χ1v) is 11.3. The molecule has 1 aromatic heterocycles. The number of ether oxygens (including phenoxy) is 1. The molecule has 4 nitrogen and oxygen atoms in total. The monoisotopic (exact) mass is 393 g/mol. The summed E-state index contributed by atoms with van der Waals surface area (Å²) in [6.45, 7) is 4.67. The van der Waals surface area contributed by atoms with Crippen LogP contribution in [0.5, 0.6) is 0 Å². The van der Waals surface area contributed by atoms with Crippen molar-refractivity contribution < 1.29 is 14.3 Å². The van der Waals surface area contributed by atoms with E-state index in [-0.39, 0.29) is 22.9 Å². The van der Waals surface area contributed by atoms with Gasteiger partial charge in [-0.25, -0.2) is 4.79 Å². The van der Waals surface area contributed by atoms with E-state index in [4.69, 9.17) is 4.74 Å². The van der Waals surface area contributed by atoms with E-state index in [1.165, 1.54) is 5.57 Å². The lowest BCUT2D eigenvalue weighted by Gasteiger charge is -2.56. The molecule has 3 fully saturated rings. The van der Waals surface area contributed by atoms with Crippen LogP contribution in [0.1, 0.15) is 75.6 Å². The summed E-state index contributed by atoms with van der Waals surface area (Å²) in [6, 6.07) is 3.53.